The van der Waals surface area contributed by atoms with Gasteiger partial charge in [-0.15, -0.1) is 0 Å². The lowest BCUT2D eigenvalue weighted by molar-refractivity contribution is 0.0965. The molecule has 0 bridgehead atoms. The van der Waals surface area contributed by atoms with Gasteiger partial charge in [-0.3, -0.25) is 0 Å². The zero-order valence-corrected chi connectivity index (χ0v) is 38.6. The van der Waals surface area contributed by atoms with E-state index in [-0.39, 0.29) is 16.2 Å². The van der Waals surface area contributed by atoms with Crippen molar-refractivity contribution in [1.82, 2.24) is 0 Å². The van der Waals surface area contributed by atoms with Gasteiger partial charge in [0.1, 0.15) is 0 Å². The second kappa shape index (κ2) is 14.7. The number of fused-ring (bicyclic) bond motifs is 9. The second-order valence-electron chi connectivity index (χ2n) is 20.2. The second-order valence-corrected chi connectivity index (χ2v) is 20.2. The van der Waals surface area contributed by atoms with Crippen LogP contribution in [0.1, 0.15) is 74.9 Å². The fraction of sp³-hybridized carbons (Fsp3) is 0.213. The Hall–Kier alpha value is -6.64. The van der Waals surface area contributed by atoms with Gasteiger partial charge in [0.05, 0.1) is 0 Å². The molecule has 0 saturated carbocycles. The third-order valence-corrected chi connectivity index (χ3v) is 14.0. The van der Waals surface area contributed by atoms with Gasteiger partial charge >= 0.3 is 0 Å². The first-order chi connectivity index (χ1) is 30.1. The Morgan fingerprint density at radius 1 is 0.349 bits per heavy atom. The summed E-state index contributed by atoms with van der Waals surface area (Å²) in [4.78, 5) is 4.81. The molecule has 312 valence electrons. The van der Waals surface area contributed by atoms with Crippen LogP contribution >= 0.6 is 0 Å². The van der Waals surface area contributed by atoms with E-state index < -0.39 is 0 Å². The normalized spacial score (nSPS) is 13.4. The molecule has 0 radical (unpaired) electrons. The first-order valence-electron chi connectivity index (χ1n) is 22.6. The van der Waals surface area contributed by atoms with Gasteiger partial charge in [-0.1, -0.05) is 149 Å². The predicted octanol–water partition coefficient (Wildman–Crippen LogP) is 17.7. The van der Waals surface area contributed by atoms with Crippen molar-refractivity contribution in [3.8, 4) is 11.1 Å². The van der Waals surface area contributed by atoms with Gasteiger partial charge in [0.25, 0.3) is 0 Å². The molecular weight excluding hydrogens is 761 g/mol. The Morgan fingerprint density at radius 3 is 1.22 bits per heavy atom. The molecule has 1 aliphatic rings. The van der Waals surface area contributed by atoms with Crippen LogP contribution < -0.4 is 9.80 Å². The summed E-state index contributed by atoms with van der Waals surface area (Å²) in [7, 11) is 0. The van der Waals surface area contributed by atoms with E-state index in [1.165, 1.54) is 76.8 Å². The molecule has 0 aromatic heterocycles. The van der Waals surface area contributed by atoms with Gasteiger partial charge < -0.3 is 9.80 Å². The summed E-state index contributed by atoms with van der Waals surface area (Å²) in [6.45, 7) is 23.5. The summed E-state index contributed by atoms with van der Waals surface area (Å²) in [5, 5.41) is 7.72. The lowest BCUT2D eigenvalue weighted by Crippen LogP contribution is -2.50. The standard InChI is InChI=1S/C61H58N2/c1-39-15-24-45(25-16-39)62(46-26-17-40(2)18-27-46)49-32-23-43-36-55-56(37-44(43)35-49)61(59(5,6)7,60(8,9)10)58-53-34-33-50(38-54(53)51-13-11-12-14-52(51)57(55)58)63(47-28-19-41(3)20-29-47)48-30-21-42(4)22-31-48/h11-38H,1-10H3. The van der Waals surface area contributed by atoms with E-state index >= 15 is 0 Å². The maximum atomic E-state index is 2.57. The van der Waals surface area contributed by atoms with Crippen molar-refractivity contribution in [2.75, 3.05) is 9.80 Å². The minimum absolute atomic E-state index is 0.156. The van der Waals surface area contributed by atoms with Crippen LogP contribution in [0.2, 0.25) is 0 Å². The van der Waals surface area contributed by atoms with Crippen molar-refractivity contribution in [3.63, 3.8) is 0 Å². The zero-order valence-electron chi connectivity index (χ0n) is 38.6. The molecule has 2 heteroatoms. The fourth-order valence-electron chi connectivity index (χ4n) is 11.4. The van der Waals surface area contributed by atoms with Crippen LogP contribution in [0.4, 0.5) is 34.1 Å². The Labute approximate surface area is 374 Å². The quantitative estimate of drug-likeness (QED) is 0.154. The van der Waals surface area contributed by atoms with Crippen LogP contribution in [0, 0.1) is 38.5 Å². The van der Waals surface area contributed by atoms with E-state index in [2.05, 4.69) is 249 Å². The highest BCUT2D eigenvalue weighted by atomic mass is 15.1. The van der Waals surface area contributed by atoms with Crippen molar-refractivity contribution in [1.29, 1.82) is 0 Å². The molecule has 9 aromatic carbocycles. The maximum Gasteiger partial charge on any atom is 0.0468 e. The molecule has 63 heavy (non-hydrogen) atoms. The lowest BCUT2D eigenvalue weighted by Gasteiger charge is -2.53. The Bertz CT molecular complexity index is 3090. The number of aryl methyl sites for hydroxylation is 4. The summed E-state index contributed by atoms with van der Waals surface area (Å²) in [5.74, 6) is 0. The van der Waals surface area contributed by atoms with Gasteiger partial charge in [0.2, 0.25) is 0 Å². The number of anilines is 6. The highest BCUT2D eigenvalue weighted by Crippen LogP contribution is 2.68. The van der Waals surface area contributed by atoms with Crippen molar-refractivity contribution in [2.24, 2.45) is 10.8 Å². The molecule has 0 N–H and O–H groups in total. The van der Waals surface area contributed by atoms with Crippen LogP contribution in [0.15, 0.2) is 170 Å². The van der Waals surface area contributed by atoms with E-state index in [0.717, 1.165) is 34.1 Å². The number of benzene rings is 9. The Balaban J connectivity index is 1.25. The number of rotatable bonds is 6. The topological polar surface area (TPSA) is 6.48 Å². The number of nitrogens with zero attached hydrogens (tertiary/aromatic N) is 2. The van der Waals surface area contributed by atoms with Gasteiger partial charge in [-0.05, 0) is 178 Å². The molecule has 0 atom stereocenters. The average Bonchev–Trinajstić information content (AvgIpc) is 3.58. The van der Waals surface area contributed by atoms with Crippen molar-refractivity contribution in [3.05, 3.63) is 203 Å². The molecule has 0 amide bonds. The molecule has 0 unspecified atom stereocenters. The van der Waals surface area contributed by atoms with E-state index in [0.29, 0.717) is 0 Å². The van der Waals surface area contributed by atoms with Crippen LogP contribution in [-0.2, 0) is 5.41 Å². The Morgan fingerprint density at radius 2 is 0.762 bits per heavy atom. The van der Waals surface area contributed by atoms with E-state index in [4.69, 9.17) is 0 Å². The molecule has 0 heterocycles. The molecule has 0 saturated heterocycles. The summed E-state index contributed by atoms with van der Waals surface area (Å²) in [6.07, 6.45) is 0. The molecule has 0 fully saturated rings. The predicted molar refractivity (Wildman–Crippen MR) is 272 cm³/mol. The molecule has 10 rings (SSSR count). The van der Waals surface area contributed by atoms with Crippen molar-refractivity contribution >= 4 is 66.4 Å². The van der Waals surface area contributed by atoms with Crippen LogP contribution in [0.3, 0.4) is 0 Å². The van der Waals surface area contributed by atoms with Crippen molar-refractivity contribution in [2.45, 2.75) is 74.7 Å². The van der Waals surface area contributed by atoms with Crippen LogP contribution in [0.25, 0.3) is 43.4 Å². The van der Waals surface area contributed by atoms with Crippen molar-refractivity contribution < 1.29 is 0 Å². The minimum Gasteiger partial charge on any atom is -0.310 e. The fourth-order valence-corrected chi connectivity index (χ4v) is 11.4. The molecule has 0 aliphatic heterocycles. The third-order valence-electron chi connectivity index (χ3n) is 14.0. The zero-order chi connectivity index (χ0) is 44.0. The first kappa shape index (κ1) is 40.4. The number of hydrogen-bond donors (Lipinski definition) is 0. The summed E-state index contributed by atoms with van der Waals surface area (Å²) in [6, 6.07) is 64.2. The van der Waals surface area contributed by atoms with E-state index in [1.807, 2.05) is 0 Å². The lowest BCUT2D eigenvalue weighted by atomic mass is 9.49. The highest BCUT2D eigenvalue weighted by molar-refractivity contribution is 6.20. The van der Waals surface area contributed by atoms with E-state index in [9.17, 15) is 0 Å². The molecule has 1 aliphatic carbocycles. The molecule has 0 spiro atoms. The summed E-state index contributed by atoms with van der Waals surface area (Å²) < 4.78 is 0. The average molecular weight is 819 g/mol. The number of hydrogen-bond acceptors (Lipinski definition) is 2. The SMILES string of the molecule is Cc1ccc(N(c2ccc(C)cc2)c2ccc3cc4c(cc3c2)C(C(C)(C)C)(C(C)(C)C)c2c-4c3ccccc3c3cc(N(c4ccc(C)cc4)c4ccc(C)cc4)ccc23)cc1. The Kier molecular flexibility index (Phi) is 9.46. The van der Waals surface area contributed by atoms with Gasteiger partial charge in [0, 0.05) is 39.5 Å². The van der Waals surface area contributed by atoms with Gasteiger partial charge in [-0.2, -0.15) is 0 Å². The summed E-state index contributed by atoms with van der Waals surface area (Å²) >= 11 is 0. The molecular formula is C61H58N2. The molecule has 9 aromatic rings. The first-order valence-corrected chi connectivity index (χ1v) is 22.6. The largest absolute Gasteiger partial charge is 0.310 e. The van der Waals surface area contributed by atoms with Gasteiger partial charge in [0.15, 0.2) is 0 Å². The van der Waals surface area contributed by atoms with Gasteiger partial charge in [-0.25, -0.2) is 0 Å². The monoisotopic (exact) mass is 818 g/mol. The van der Waals surface area contributed by atoms with Crippen LogP contribution in [0.5, 0.6) is 0 Å². The van der Waals surface area contributed by atoms with Crippen LogP contribution in [-0.4, -0.2) is 0 Å². The maximum absolute atomic E-state index is 2.57. The summed E-state index contributed by atoms with van der Waals surface area (Å²) in [5.41, 5.74) is 16.8. The highest BCUT2D eigenvalue weighted by Gasteiger charge is 2.58. The minimum atomic E-state index is -0.347. The smallest absolute Gasteiger partial charge is 0.0468 e. The van der Waals surface area contributed by atoms with E-state index in [1.54, 1.807) is 0 Å². The third kappa shape index (κ3) is 6.45. The molecule has 2 nitrogen and oxygen atoms in total.